The fourth-order valence-electron chi connectivity index (χ4n) is 3.26. The van der Waals surface area contributed by atoms with Crippen LogP contribution in [0.1, 0.15) is 47.2 Å². The predicted molar refractivity (Wildman–Crippen MR) is 132 cm³/mol. The maximum absolute atomic E-state index is 12.9. The van der Waals surface area contributed by atoms with Crippen LogP contribution >= 0.6 is 35.0 Å². The van der Waals surface area contributed by atoms with E-state index in [4.69, 9.17) is 23.2 Å². The van der Waals surface area contributed by atoms with Crippen molar-refractivity contribution in [1.29, 1.82) is 0 Å². The Bertz CT molecular complexity index is 1110. The van der Waals surface area contributed by atoms with Gasteiger partial charge in [-0.05, 0) is 42.7 Å². The molecule has 0 aliphatic rings. The molecule has 0 aliphatic heterocycles. The molecule has 8 heteroatoms. The average molecular weight is 489 g/mol. The molecule has 1 N–H and O–H groups in total. The van der Waals surface area contributed by atoms with Gasteiger partial charge in [-0.15, -0.1) is 16.8 Å². The van der Waals surface area contributed by atoms with Crippen molar-refractivity contribution in [2.75, 3.05) is 0 Å². The number of amides is 1. The maximum atomic E-state index is 12.9. The van der Waals surface area contributed by atoms with Gasteiger partial charge >= 0.3 is 0 Å². The molecule has 1 aromatic heterocycles. The van der Waals surface area contributed by atoms with E-state index in [0.717, 1.165) is 16.3 Å². The highest BCUT2D eigenvalue weighted by Gasteiger charge is 2.26. The van der Waals surface area contributed by atoms with Crippen LogP contribution in [0, 0.1) is 12.8 Å². The molecule has 1 heterocycles. The summed E-state index contributed by atoms with van der Waals surface area (Å²) in [7, 11) is 0. The second kappa shape index (κ2) is 11.0. The smallest absolute Gasteiger partial charge is 0.251 e. The van der Waals surface area contributed by atoms with Gasteiger partial charge in [0.25, 0.3) is 5.91 Å². The van der Waals surface area contributed by atoms with Crippen LogP contribution < -0.4 is 5.32 Å². The highest BCUT2D eigenvalue weighted by molar-refractivity contribution is 7.98. The number of aryl methyl sites for hydroxylation is 1. The molecule has 3 aromatic rings. The van der Waals surface area contributed by atoms with E-state index in [1.54, 1.807) is 23.9 Å². The van der Waals surface area contributed by atoms with Crippen molar-refractivity contribution in [3.8, 4) is 0 Å². The number of halogens is 2. The molecule has 1 amide bonds. The molecule has 0 radical (unpaired) electrons. The number of hydrogen-bond acceptors (Lipinski definition) is 4. The molecule has 1 atom stereocenters. The number of benzene rings is 2. The third-order valence-electron chi connectivity index (χ3n) is 4.92. The summed E-state index contributed by atoms with van der Waals surface area (Å²) in [6.45, 7) is 10.5. The highest BCUT2D eigenvalue weighted by Crippen LogP contribution is 2.29. The molecule has 5 nitrogen and oxygen atoms in total. The molecule has 0 saturated heterocycles. The van der Waals surface area contributed by atoms with Crippen LogP contribution in [-0.2, 0) is 12.3 Å². The summed E-state index contributed by atoms with van der Waals surface area (Å²) in [4.78, 5) is 12.9. The molecule has 0 fully saturated rings. The largest absolute Gasteiger partial charge is 0.342 e. The number of rotatable bonds is 9. The molecule has 0 bridgehead atoms. The molecular weight excluding hydrogens is 463 g/mol. The fraction of sp³-hybridized carbons (Fsp3) is 0.292. The van der Waals surface area contributed by atoms with E-state index in [-0.39, 0.29) is 17.9 Å². The van der Waals surface area contributed by atoms with Crippen LogP contribution in [0.4, 0.5) is 0 Å². The first kappa shape index (κ1) is 24.4. The van der Waals surface area contributed by atoms with Gasteiger partial charge in [-0.1, -0.05) is 78.6 Å². The summed E-state index contributed by atoms with van der Waals surface area (Å²) < 4.78 is 2.00. The zero-order valence-electron chi connectivity index (χ0n) is 18.3. The molecule has 32 heavy (non-hydrogen) atoms. The molecule has 0 spiro atoms. The van der Waals surface area contributed by atoms with Gasteiger partial charge in [-0.2, -0.15) is 0 Å². The van der Waals surface area contributed by atoms with Crippen molar-refractivity contribution >= 4 is 40.9 Å². The van der Waals surface area contributed by atoms with E-state index < -0.39 is 0 Å². The topological polar surface area (TPSA) is 59.8 Å². The van der Waals surface area contributed by atoms with E-state index in [9.17, 15) is 4.79 Å². The average Bonchev–Trinajstić information content (AvgIpc) is 3.15. The monoisotopic (exact) mass is 488 g/mol. The molecule has 3 rings (SSSR count). The second-order valence-corrected chi connectivity index (χ2v) is 9.60. The fourth-order valence-corrected chi connectivity index (χ4v) is 4.47. The van der Waals surface area contributed by atoms with Crippen molar-refractivity contribution in [3.63, 3.8) is 0 Å². The standard InChI is InChI=1S/C24H26Cl2N4OS/c1-5-11-30-22(21(15(2)3)27-23(31)18-8-6-7-16(4)12-18)28-29-24(30)32-14-17-9-10-19(25)20(26)13-17/h5-10,12-13,15,21H,1,11,14H2,2-4H3,(H,27,31). The summed E-state index contributed by atoms with van der Waals surface area (Å²) in [6, 6.07) is 12.8. The summed E-state index contributed by atoms with van der Waals surface area (Å²) >= 11 is 13.7. The Balaban J connectivity index is 1.83. The van der Waals surface area contributed by atoms with Crippen molar-refractivity contribution in [1.82, 2.24) is 20.1 Å². The first-order chi connectivity index (χ1) is 15.3. The first-order valence-electron chi connectivity index (χ1n) is 10.3. The Labute approximate surface area is 203 Å². The minimum Gasteiger partial charge on any atom is -0.342 e. The molecule has 168 valence electrons. The lowest BCUT2D eigenvalue weighted by molar-refractivity contribution is 0.0922. The van der Waals surface area contributed by atoms with Crippen molar-refractivity contribution < 1.29 is 4.79 Å². The normalized spacial score (nSPS) is 12.1. The van der Waals surface area contributed by atoms with Gasteiger partial charge in [0.2, 0.25) is 0 Å². The number of allylic oxidation sites excluding steroid dienone is 1. The second-order valence-electron chi connectivity index (χ2n) is 7.84. The molecule has 0 saturated carbocycles. The zero-order valence-corrected chi connectivity index (χ0v) is 20.6. The van der Waals surface area contributed by atoms with Crippen LogP contribution in [-0.4, -0.2) is 20.7 Å². The predicted octanol–water partition coefficient (Wildman–Crippen LogP) is 6.50. The number of hydrogen-bond donors (Lipinski definition) is 1. The quantitative estimate of drug-likeness (QED) is 0.275. The Morgan fingerprint density at radius 1 is 1.19 bits per heavy atom. The Hall–Kier alpha value is -2.28. The van der Waals surface area contributed by atoms with Crippen molar-refractivity contribution in [2.45, 2.75) is 44.3 Å². The van der Waals surface area contributed by atoms with Gasteiger partial charge in [0.05, 0.1) is 16.1 Å². The van der Waals surface area contributed by atoms with E-state index in [0.29, 0.717) is 33.7 Å². The van der Waals surface area contributed by atoms with Gasteiger partial charge < -0.3 is 9.88 Å². The number of nitrogens with one attached hydrogen (secondary N) is 1. The lowest BCUT2D eigenvalue weighted by atomic mass is 10.0. The lowest BCUT2D eigenvalue weighted by Crippen LogP contribution is -2.33. The number of nitrogens with zero attached hydrogens (tertiary/aromatic N) is 3. The van der Waals surface area contributed by atoms with Crippen LogP contribution in [0.3, 0.4) is 0 Å². The van der Waals surface area contributed by atoms with Gasteiger partial charge in [-0.25, -0.2) is 0 Å². The maximum Gasteiger partial charge on any atom is 0.251 e. The van der Waals surface area contributed by atoms with Crippen molar-refractivity contribution in [2.24, 2.45) is 5.92 Å². The highest BCUT2D eigenvalue weighted by atomic mass is 35.5. The minimum atomic E-state index is -0.296. The van der Waals surface area contributed by atoms with Crippen LogP contribution in [0.15, 0.2) is 60.3 Å². The summed E-state index contributed by atoms with van der Waals surface area (Å²) in [5.41, 5.74) is 2.70. The molecule has 1 unspecified atom stereocenters. The molecular formula is C24H26Cl2N4OS. The number of aromatic nitrogens is 3. The third kappa shape index (κ3) is 5.94. The van der Waals surface area contributed by atoms with E-state index >= 15 is 0 Å². The Kier molecular flexibility index (Phi) is 8.40. The zero-order chi connectivity index (χ0) is 23.3. The van der Waals surface area contributed by atoms with Crippen LogP contribution in [0.2, 0.25) is 10.0 Å². The number of thioether (sulfide) groups is 1. The Morgan fingerprint density at radius 2 is 1.97 bits per heavy atom. The van der Waals surface area contributed by atoms with Crippen LogP contribution in [0.25, 0.3) is 0 Å². The molecule has 2 aromatic carbocycles. The summed E-state index contributed by atoms with van der Waals surface area (Å²) in [6.07, 6.45) is 1.80. The van der Waals surface area contributed by atoms with Crippen molar-refractivity contribution in [3.05, 3.63) is 87.7 Å². The van der Waals surface area contributed by atoms with E-state index in [1.165, 1.54) is 0 Å². The van der Waals surface area contributed by atoms with Gasteiger partial charge in [-0.3, -0.25) is 4.79 Å². The van der Waals surface area contributed by atoms with Gasteiger partial charge in [0.15, 0.2) is 11.0 Å². The van der Waals surface area contributed by atoms with Gasteiger partial charge in [0, 0.05) is 17.9 Å². The summed E-state index contributed by atoms with van der Waals surface area (Å²) in [5.74, 6) is 1.35. The number of carbonyl (C=O) groups is 1. The molecule has 0 aliphatic carbocycles. The first-order valence-corrected chi connectivity index (χ1v) is 12.0. The van der Waals surface area contributed by atoms with Gasteiger partial charge in [0.1, 0.15) is 0 Å². The Morgan fingerprint density at radius 3 is 2.62 bits per heavy atom. The van der Waals surface area contributed by atoms with Crippen LogP contribution in [0.5, 0.6) is 0 Å². The third-order valence-corrected chi connectivity index (χ3v) is 6.70. The minimum absolute atomic E-state index is 0.115. The SMILES string of the molecule is C=CCn1c(SCc2ccc(Cl)c(Cl)c2)nnc1C(NC(=O)c1cccc(C)c1)C(C)C. The summed E-state index contributed by atoms with van der Waals surface area (Å²) in [5, 5.41) is 13.8. The number of carbonyl (C=O) groups excluding carboxylic acids is 1. The lowest BCUT2D eigenvalue weighted by Gasteiger charge is -2.22. The van der Waals surface area contributed by atoms with E-state index in [1.807, 2.05) is 47.9 Å². The van der Waals surface area contributed by atoms with E-state index in [2.05, 4.69) is 35.9 Å².